The zero-order chi connectivity index (χ0) is 14.9. The third-order valence-corrected chi connectivity index (χ3v) is 1.63. The third-order valence-electron chi connectivity index (χ3n) is 1.63. The molecule has 0 bridgehead atoms. The largest absolute Gasteiger partial charge is 0.394 e. The molecule has 0 aliphatic carbocycles. The molecule has 19 heavy (non-hydrogen) atoms. The molecule has 0 unspecified atom stereocenters. The number of aliphatic hydroxyl groups is 2. The van der Waals surface area contributed by atoms with E-state index in [4.69, 9.17) is 26.4 Å². The highest BCUT2D eigenvalue weighted by atomic mass is 16.5. The van der Waals surface area contributed by atoms with Crippen LogP contribution in [0.25, 0.3) is 0 Å². The van der Waals surface area contributed by atoms with Crippen LogP contribution in [0.4, 0.5) is 9.59 Å². The molecule has 0 aliphatic rings. The van der Waals surface area contributed by atoms with Crippen LogP contribution in [0.1, 0.15) is 12.8 Å². The van der Waals surface area contributed by atoms with Crippen molar-refractivity contribution in [2.75, 3.05) is 39.5 Å². The van der Waals surface area contributed by atoms with Crippen molar-refractivity contribution in [1.82, 2.24) is 10.6 Å². The van der Waals surface area contributed by atoms with Gasteiger partial charge < -0.3 is 37.1 Å². The number of hydrogen-bond acceptors (Lipinski definition) is 5. The zero-order valence-electron chi connectivity index (χ0n) is 10.9. The van der Waals surface area contributed by atoms with E-state index < -0.39 is 12.1 Å². The minimum absolute atomic E-state index is 0.125. The van der Waals surface area contributed by atoms with Crippen LogP contribution in [-0.2, 0) is 4.74 Å². The molecule has 0 heterocycles. The van der Waals surface area contributed by atoms with Crippen LogP contribution in [-0.4, -0.2) is 61.8 Å². The number of nitrogens with two attached hydrogens (primary N) is 2. The quantitative estimate of drug-likeness (QED) is 0.271. The molecule has 0 radical (unpaired) electrons. The zero-order valence-corrected chi connectivity index (χ0v) is 10.9. The minimum atomic E-state index is -0.527. The monoisotopic (exact) mass is 280 g/mol. The van der Waals surface area contributed by atoms with Crippen molar-refractivity contribution in [3.8, 4) is 0 Å². The molecule has 4 amide bonds. The van der Waals surface area contributed by atoms with E-state index >= 15 is 0 Å². The predicted molar refractivity (Wildman–Crippen MR) is 69.4 cm³/mol. The molecular weight excluding hydrogens is 256 g/mol. The van der Waals surface area contributed by atoms with Gasteiger partial charge >= 0.3 is 12.1 Å². The maximum atomic E-state index is 10.3. The summed E-state index contributed by atoms with van der Waals surface area (Å²) in [6.07, 6.45) is 1.43. The molecule has 8 N–H and O–H groups in total. The van der Waals surface area contributed by atoms with Gasteiger partial charge in [0.1, 0.15) is 0 Å². The molecular formula is C10H24N4O5. The Balaban J connectivity index is 0. The van der Waals surface area contributed by atoms with Crippen LogP contribution in [0.15, 0.2) is 0 Å². The van der Waals surface area contributed by atoms with Gasteiger partial charge in [-0.1, -0.05) is 0 Å². The topological polar surface area (TPSA) is 160 Å². The molecule has 0 fully saturated rings. The lowest BCUT2D eigenvalue weighted by molar-refractivity contribution is 0.130. The first-order valence-corrected chi connectivity index (χ1v) is 5.90. The number of hydrogen-bond donors (Lipinski definition) is 6. The highest BCUT2D eigenvalue weighted by Crippen LogP contribution is 1.84. The summed E-state index contributed by atoms with van der Waals surface area (Å²) in [6.45, 7) is 1.87. The van der Waals surface area contributed by atoms with E-state index in [-0.39, 0.29) is 13.2 Å². The maximum absolute atomic E-state index is 10.3. The van der Waals surface area contributed by atoms with E-state index in [2.05, 4.69) is 10.6 Å². The summed E-state index contributed by atoms with van der Waals surface area (Å²) in [4.78, 5) is 20.5. The van der Waals surface area contributed by atoms with Crippen LogP contribution in [0.5, 0.6) is 0 Å². The smallest absolute Gasteiger partial charge is 0.312 e. The second-order valence-electron chi connectivity index (χ2n) is 3.35. The van der Waals surface area contributed by atoms with E-state index in [1.165, 1.54) is 0 Å². The molecule has 0 saturated carbocycles. The molecule has 9 heteroatoms. The molecule has 0 aliphatic heterocycles. The van der Waals surface area contributed by atoms with Crippen molar-refractivity contribution in [1.29, 1.82) is 0 Å². The van der Waals surface area contributed by atoms with E-state index in [1.54, 1.807) is 0 Å². The van der Waals surface area contributed by atoms with Crippen LogP contribution in [0.2, 0.25) is 0 Å². The number of urea groups is 2. The highest BCUT2D eigenvalue weighted by molar-refractivity contribution is 5.71. The summed E-state index contributed by atoms with van der Waals surface area (Å²) in [5.74, 6) is 0. The van der Waals surface area contributed by atoms with Gasteiger partial charge in [-0.05, 0) is 12.8 Å². The van der Waals surface area contributed by atoms with Gasteiger partial charge in [0.05, 0.1) is 13.2 Å². The first kappa shape index (κ1) is 19.8. The molecule has 0 aromatic rings. The van der Waals surface area contributed by atoms with Gasteiger partial charge in [-0.25, -0.2) is 9.59 Å². The molecule has 0 spiro atoms. The number of amides is 4. The Hall–Kier alpha value is -1.58. The first-order chi connectivity index (χ1) is 9.04. The Kier molecular flexibility index (Phi) is 17.1. The summed E-state index contributed by atoms with van der Waals surface area (Å²) >= 11 is 0. The number of carbonyl (C=O) groups is 2. The Morgan fingerprint density at radius 2 is 1.26 bits per heavy atom. The SMILES string of the molecule is NC(=O)NCCCOCCCNC(N)=O.OCCO. The summed E-state index contributed by atoms with van der Waals surface area (Å²) < 4.78 is 5.21. The highest BCUT2D eigenvalue weighted by Gasteiger charge is 1.93. The third kappa shape index (κ3) is 26.2. The average Bonchev–Trinajstić information content (AvgIpc) is 2.36. The Bertz CT molecular complexity index is 206. The lowest BCUT2D eigenvalue weighted by Gasteiger charge is -2.04. The van der Waals surface area contributed by atoms with Crippen LogP contribution in [0, 0.1) is 0 Å². The summed E-state index contributed by atoms with van der Waals surface area (Å²) in [5, 5.41) is 20.1. The van der Waals surface area contributed by atoms with Crippen molar-refractivity contribution in [3.05, 3.63) is 0 Å². The van der Waals surface area contributed by atoms with E-state index in [9.17, 15) is 9.59 Å². The van der Waals surface area contributed by atoms with Gasteiger partial charge in [0.15, 0.2) is 0 Å². The fourth-order valence-electron chi connectivity index (χ4n) is 0.874. The van der Waals surface area contributed by atoms with Crippen molar-refractivity contribution in [2.45, 2.75) is 12.8 Å². The fourth-order valence-corrected chi connectivity index (χ4v) is 0.874. The van der Waals surface area contributed by atoms with Gasteiger partial charge in [0, 0.05) is 26.3 Å². The van der Waals surface area contributed by atoms with E-state index in [1.807, 2.05) is 0 Å². The lowest BCUT2D eigenvalue weighted by atomic mass is 10.4. The number of carbonyl (C=O) groups excluding carboxylic acids is 2. The van der Waals surface area contributed by atoms with E-state index in [0.717, 1.165) is 0 Å². The van der Waals surface area contributed by atoms with E-state index in [0.29, 0.717) is 39.1 Å². The summed E-state index contributed by atoms with van der Waals surface area (Å²) in [5.41, 5.74) is 9.72. The van der Waals surface area contributed by atoms with Crippen molar-refractivity contribution < 1.29 is 24.5 Å². The molecule has 9 nitrogen and oxygen atoms in total. The van der Waals surface area contributed by atoms with Gasteiger partial charge in [0.2, 0.25) is 0 Å². The Morgan fingerprint density at radius 3 is 1.53 bits per heavy atom. The average molecular weight is 280 g/mol. The molecule has 0 saturated heterocycles. The minimum Gasteiger partial charge on any atom is -0.394 e. The Labute approximate surface area is 112 Å². The molecule has 114 valence electrons. The van der Waals surface area contributed by atoms with Gasteiger partial charge in [0.25, 0.3) is 0 Å². The molecule has 0 atom stereocenters. The van der Waals surface area contributed by atoms with Crippen molar-refractivity contribution >= 4 is 12.1 Å². The first-order valence-electron chi connectivity index (χ1n) is 5.90. The van der Waals surface area contributed by atoms with Gasteiger partial charge in [-0.15, -0.1) is 0 Å². The van der Waals surface area contributed by atoms with Gasteiger partial charge in [-0.3, -0.25) is 0 Å². The van der Waals surface area contributed by atoms with Crippen molar-refractivity contribution in [3.63, 3.8) is 0 Å². The van der Waals surface area contributed by atoms with Crippen LogP contribution >= 0.6 is 0 Å². The summed E-state index contributed by atoms with van der Waals surface area (Å²) in [6, 6.07) is -1.05. The number of nitrogens with one attached hydrogen (secondary N) is 2. The molecule has 0 aromatic heterocycles. The second-order valence-corrected chi connectivity index (χ2v) is 3.35. The van der Waals surface area contributed by atoms with Gasteiger partial charge in [-0.2, -0.15) is 0 Å². The number of primary amides is 2. The lowest BCUT2D eigenvalue weighted by Crippen LogP contribution is -2.31. The summed E-state index contributed by atoms with van der Waals surface area (Å²) in [7, 11) is 0. The van der Waals surface area contributed by atoms with Crippen molar-refractivity contribution in [2.24, 2.45) is 11.5 Å². The normalized spacial score (nSPS) is 9.16. The predicted octanol–water partition coefficient (Wildman–Crippen LogP) is -1.91. The number of rotatable bonds is 9. The second kappa shape index (κ2) is 16.4. The molecule has 0 aromatic carbocycles. The van der Waals surface area contributed by atoms with Crippen LogP contribution in [0.3, 0.4) is 0 Å². The van der Waals surface area contributed by atoms with Crippen LogP contribution < -0.4 is 22.1 Å². The standard InChI is InChI=1S/C8H18N4O3.C2H6O2/c9-7(13)11-3-1-5-15-6-2-4-12-8(10)14;3-1-2-4/h1-6H2,(H3,9,11,13)(H3,10,12,14);3-4H,1-2H2. The fraction of sp³-hybridized carbons (Fsp3) is 0.800. The number of ether oxygens (including phenoxy) is 1. The maximum Gasteiger partial charge on any atom is 0.312 e. The number of aliphatic hydroxyl groups excluding tert-OH is 2. The Morgan fingerprint density at radius 1 is 0.895 bits per heavy atom. The molecule has 0 rings (SSSR count).